The summed E-state index contributed by atoms with van der Waals surface area (Å²) < 4.78 is 0. The first-order chi connectivity index (χ1) is 7.19. The van der Waals surface area contributed by atoms with E-state index in [0.717, 1.165) is 29.7 Å². The summed E-state index contributed by atoms with van der Waals surface area (Å²) in [6.07, 6.45) is 1.81. The van der Waals surface area contributed by atoms with Crippen LogP contribution in [-0.4, -0.2) is 16.0 Å². The first-order valence-corrected chi connectivity index (χ1v) is 5.40. The number of rotatable bonds is 3. The Kier molecular flexibility index (Phi) is 2.73. The molecule has 0 aliphatic rings. The van der Waals surface area contributed by atoms with Gasteiger partial charge < -0.3 is 10.7 Å². The standard InChI is InChI=1S/C12H17N3/c1-3-9(13)7-12-14-10-5-4-8(2)6-11(10)15-12/h4-6,9H,3,7,13H2,1-2H3,(H,14,15). The summed E-state index contributed by atoms with van der Waals surface area (Å²) in [4.78, 5) is 7.82. The fourth-order valence-electron chi connectivity index (χ4n) is 1.67. The normalized spacial score (nSPS) is 13.3. The third-order valence-electron chi connectivity index (χ3n) is 2.67. The Morgan fingerprint density at radius 2 is 2.27 bits per heavy atom. The number of nitrogens with one attached hydrogen (secondary N) is 1. The molecule has 0 fully saturated rings. The van der Waals surface area contributed by atoms with Crippen LogP contribution in [0.25, 0.3) is 11.0 Å². The van der Waals surface area contributed by atoms with Crippen molar-refractivity contribution in [2.24, 2.45) is 5.73 Å². The van der Waals surface area contributed by atoms with E-state index in [-0.39, 0.29) is 6.04 Å². The molecule has 0 bridgehead atoms. The van der Waals surface area contributed by atoms with Gasteiger partial charge >= 0.3 is 0 Å². The van der Waals surface area contributed by atoms with Crippen LogP contribution in [0.15, 0.2) is 18.2 Å². The van der Waals surface area contributed by atoms with Gasteiger partial charge in [0.25, 0.3) is 0 Å². The largest absolute Gasteiger partial charge is 0.342 e. The molecular formula is C12H17N3. The van der Waals surface area contributed by atoms with E-state index in [1.807, 2.05) is 6.07 Å². The second-order valence-corrected chi connectivity index (χ2v) is 4.08. The van der Waals surface area contributed by atoms with Crippen LogP contribution in [0, 0.1) is 6.92 Å². The van der Waals surface area contributed by atoms with E-state index >= 15 is 0 Å². The number of aromatic amines is 1. The molecule has 80 valence electrons. The zero-order valence-corrected chi connectivity index (χ0v) is 9.25. The Hall–Kier alpha value is -1.35. The lowest BCUT2D eigenvalue weighted by atomic mass is 10.2. The van der Waals surface area contributed by atoms with Crippen LogP contribution in [0.4, 0.5) is 0 Å². The molecular weight excluding hydrogens is 186 g/mol. The number of hydrogen-bond acceptors (Lipinski definition) is 2. The smallest absolute Gasteiger partial charge is 0.108 e. The van der Waals surface area contributed by atoms with Gasteiger partial charge in [-0.25, -0.2) is 4.98 Å². The fourth-order valence-corrected chi connectivity index (χ4v) is 1.67. The van der Waals surface area contributed by atoms with E-state index in [1.165, 1.54) is 5.56 Å². The first-order valence-electron chi connectivity index (χ1n) is 5.40. The molecule has 3 N–H and O–H groups in total. The summed E-state index contributed by atoms with van der Waals surface area (Å²) in [5.74, 6) is 0.991. The molecule has 1 heterocycles. The van der Waals surface area contributed by atoms with Gasteiger partial charge in [0.2, 0.25) is 0 Å². The number of fused-ring (bicyclic) bond motifs is 1. The maximum Gasteiger partial charge on any atom is 0.108 e. The molecule has 1 atom stereocenters. The minimum Gasteiger partial charge on any atom is -0.342 e. The zero-order valence-electron chi connectivity index (χ0n) is 9.25. The van der Waals surface area contributed by atoms with Gasteiger partial charge in [0.15, 0.2) is 0 Å². The van der Waals surface area contributed by atoms with Crippen LogP contribution in [-0.2, 0) is 6.42 Å². The van der Waals surface area contributed by atoms with Gasteiger partial charge in [0, 0.05) is 12.5 Å². The highest BCUT2D eigenvalue weighted by Crippen LogP contribution is 2.14. The second-order valence-electron chi connectivity index (χ2n) is 4.08. The van der Waals surface area contributed by atoms with Gasteiger partial charge in [-0.3, -0.25) is 0 Å². The highest BCUT2D eigenvalue weighted by molar-refractivity contribution is 5.75. The third kappa shape index (κ3) is 2.18. The molecule has 0 aliphatic heterocycles. The van der Waals surface area contributed by atoms with Gasteiger partial charge in [-0.15, -0.1) is 0 Å². The van der Waals surface area contributed by atoms with Crippen molar-refractivity contribution in [1.82, 2.24) is 9.97 Å². The molecule has 1 aromatic heterocycles. The van der Waals surface area contributed by atoms with Crippen molar-refractivity contribution >= 4 is 11.0 Å². The molecule has 0 saturated heterocycles. The maximum atomic E-state index is 5.90. The minimum atomic E-state index is 0.201. The van der Waals surface area contributed by atoms with Crippen LogP contribution in [0.2, 0.25) is 0 Å². The van der Waals surface area contributed by atoms with E-state index in [2.05, 4.69) is 35.9 Å². The van der Waals surface area contributed by atoms with E-state index in [1.54, 1.807) is 0 Å². The summed E-state index contributed by atoms with van der Waals surface area (Å²) in [5.41, 5.74) is 9.28. The number of aromatic nitrogens is 2. The van der Waals surface area contributed by atoms with Crippen LogP contribution in [0.5, 0.6) is 0 Å². The van der Waals surface area contributed by atoms with Crippen molar-refractivity contribution in [3.05, 3.63) is 29.6 Å². The summed E-state index contributed by atoms with van der Waals surface area (Å²) in [6, 6.07) is 6.43. The Balaban J connectivity index is 2.30. The lowest BCUT2D eigenvalue weighted by Gasteiger charge is -2.04. The van der Waals surface area contributed by atoms with E-state index in [0.29, 0.717) is 0 Å². The van der Waals surface area contributed by atoms with Crippen molar-refractivity contribution in [3.8, 4) is 0 Å². The molecule has 0 amide bonds. The summed E-state index contributed by atoms with van der Waals surface area (Å²) >= 11 is 0. The van der Waals surface area contributed by atoms with Gasteiger partial charge in [0.1, 0.15) is 5.82 Å². The molecule has 1 unspecified atom stereocenters. The Labute approximate surface area is 89.7 Å². The molecule has 15 heavy (non-hydrogen) atoms. The summed E-state index contributed by atoms with van der Waals surface area (Å²) in [7, 11) is 0. The molecule has 0 spiro atoms. The molecule has 1 aromatic carbocycles. The topological polar surface area (TPSA) is 54.7 Å². The number of imidazole rings is 1. The van der Waals surface area contributed by atoms with Crippen molar-refractivity contribution < 1.29 is 0 Å². The van der Waals surface area contributed by atoms with E-state index < -0.39 is 0 Å². The van der Waals surface area contributed by atoms with E-state index in [4.69, 9.17) is 5.73 Å². The Morgan fingerprint density at radius 3 is 3.00 bits per heavy atom. The van der Waals surface area contributed by atoms with Gasteiger partial charge in [-0.1, -0.05) is 13.0 Å². The monoisotopic (exact) mass is 203 g/mol. The van der Waals surface area contributed by atoms with Gasteiger partial charge in [0.05, 0.1) is 11.0 Å². The Bertz CT molecular complexity index is 459. The third-order valence-corrected chi connectivity index (χ3v) is 2.67. The molecule has 0 saturated carbocycles. The lowest BCUT2D eigenvalue weighted by molar-refractivity contribution is 0.630. The number of benzene rings is 1. The summed E-state index contributed by atoms with van der Waals surface area (Å²) in [5, 5.41) is 0. The lowest BCUT2D eigenvalue weighted by Crippen LogP contribution is -2.21. The number of nitrogens with two attached hydrogens (primary N) is 1. The first kappa shape index (κ1) is 10.2. The predicted molar refractivity (Wildman–Crippen MR) is 62.8 cm³/mol. The van der Waals surface area contributed by atoms with Gasteiger partial charge in [-0.2, -0.15) is 0 Å². The maximum absolute atomic E-state index is 5.90. The van der Waals surface area contributed by atoms with Crippen molar-refractivity contribution in [2.75, 3.05) is 0 Å². The zero-order chi connectivity index (χ0) is 10.8. The van der Waals surface area contributed by atoms with Crippen LogP contribution in [0.1, 0.15) is 24.7 Å². The number of H-pyrrole nitrogens is 1. The molecule has 0 aliphatic carbocycles. The average molecular weight is 203 g/mol. The van der Waals surface area contributed by atoms with Crippen LogP contribution >= 0.6 is 0 Å². The second kappa shape index (κ2) is 4.03. The fraction of sp³-hybridized carbons (Fsp3) is 0.417. The number of nitrogens with zero attached hydrogens (tertiary/aromatic N) is 1. The molecule has 3 nitrogen and oxygen atoms in total. The van der Waals surface area contributed by atoms with Crippen LogP contribution < -0.4 is 5.73 Å². The molecule has 0 radical (unpaired) electrons. The van der Waals surface area contributed by atoms with Crippen molar-refractivity contribution in [3.63, 3.8) is 0 Å². The average Bonchev–Trinajstić information content (AvgIpc) is 2.59. The quantitative estimate of drug-likeness (QED) is 0.803. The van der Waals surface area contributed by atoms with Crippen molar-refractivity contribution in [1.29, 1.82) is 0 Å². The molecule has 2 aromatic rings. The SMILES string of the molecule is CCC(N)Cc1nc2ccc(C)cc2[nH]1. The number of aryl methyl sites for hydroxylation is 1. The highest BCUT2D eigenvalue weighted by Gasteiger charge is 2.06. The summed E-state index contributed by atoms with van der Waals surface area (Å²) in [6.45, 7) is 4.18. The van der Waals surface area contributed by atoms with Crippen LogP contribution in [0.3, 0.4) is 0 Å². The van der Waals surface area contributed by atoms with Crippen molar-refractivity contribution in [2.45, 2.75) is 32.7 Å². The van der Waals surface area contributed by atoms with E-state index in [9.17, 15) is 0 Å². The predicted octanol–water partition coefficient (Wildman–Crippen LogP) is 2.15. The highest BCUT2D eigenvalue weighted by atomic mass is 14.9. The Morgan fingerprint density at radius 1 is 1.47 bits per heavy atom. The number of hydrogen-bond donors (Lipinski definition) is 2. The van der Waals surface area contributed by atoms with Gasteiger partial charge in [-0.05, 0) is 31.0 Å². The minimum absolute atomic E-state index is 0.201. The molecule has 2 rings (SSSR count). The molecule has 3 heteroatoms.